The van der Waals surface area contributed by atoms with Gasteiger partial charge in [-0.15, -0.1) is 0 Å². The van der Waals surface area contributed by atoms with Crippen LogP contribution in [0.2, 0.25) is 0 Å². The van der Waals surface area contributed by atoms with E-state index in [4.69, 9.17) is 0 Å². The van der Waals surface area contributed by atoms with Gasteiger partial charge in [-0.05, 0) is 58.5 Å². The van der Waals surface area contributed by atoms with Crippen LogP contribution in [0.1, 0.15) is 39.3 Å². The highest BCUT2D eigenvalue weighted by atomic mass is 16.2. The van der Waals surface area contributed by atoms with E-state index in [0.29, 0.717) is 5.69 Å². The maximum absolute atomic E-state index is 11.9. The van der Waals surface area contributed by atoms with Gasteiger partial charge in [-0.3, -0.25) is 4.98 Å². The molecule has 1 aromatic heterocycles. The summed E-state index contributed by atoms with van der Waals surface area (Å²) in [6, 6.07) is 3.73. The summed E-state index contributed by atoms with van der Waals surface area (Å²) in [5, 5.41) is 5.76. The monoisotopic (exact) mass is 292 g/mol. The maximum Gasteiger partial charge on any atom is 0.319 e. The number of hydrogen-bond donors (Lipinski definition) is 2. The van der Waals surface area contributed by atoms with Crippen molar-refractivity contribution in [3.63, 3.8) is 0 Å². The van der Waals surface area contributed by atoms with Gasteiger partial charge in [-0.2, -0.15) is 0 Å². The van der Waals surface area contributed by atoms with Gasteiger partial charge in [0.05, 0.1) is 11.9 Å². The van der Waals surface area contributed by atoms with Crippen molar-refractivity contribution in [2.75, 3.05) is 25.0 Å². The average Bonchev–Trinajstić information content (AvgIpc) is 2.46. The molecule has 0 spiro atoms. The Morgan fingerprint density at radius 2 is 2.05 bits per heavy atom. The molecular formula is C16H28N4O. The van der Waals surface area contributed by atoms with Crippen LogP contribution in [0.3, 0.4) is 0 Å². The molecule has 0 aliphatic rings. The first-order valence-electron chi connectivity index (χ1n) is 7.77. The van der Waals surface area contributed by atoms with Gasteiger partial charge >= 0.3 is 6.03 Å². The fraction of sp³-hybridized carbons (Fsp3) is 0.625. The number of carbonyl (C=O) groups excluding carboxylic acids is 1. The molecule has 5 nitrogen and oxygen atoms in total. The van der Waals surface area contributed by atoms with E-state index in [1.165, 1.54) is 0 Å². The minimum Gasteiger partial charge on any atom is -0.335 e. The van der Waals surface area contributed by atoms with Crippen LogP contribution in [-0.4, -0.2) is 41.6 Å². The molecule has 21 heavy (non-hydrogen) atoms. The van der Waals surface area contributed by atoms with Gasteiger partial charge in [0.25, 0.3) is 0 Å². The predicted molar refractivity (Wildman–Crippen MR) is 87.6 cm³/mol. The summed E-state index contributed by atoms with van der Waals surface area (Å²) in [6.45, 7) is 11.6. The van der Waals surface area contributed by atoms with E-state index in [2.05, 4.69) is 34.4 Å². The zero-order valence-electron chi connectivity index (χ0n) is 13.6. The third kappa shape index (κ3) is 7.09. The summed E-state index contributed by atoms with van der Waals surface area (Å²) >= 11 is 0. The number of rotatable bonds is 8. The fourth-order valence-corrected chi connectivity index (χ4v) is 2.17. The SMILES string of the molecule is CCN(CC)CCCC(C)NC(=O)Nc1ccc(C)nc1. The number of carbonyl (C=O) groups is 1. The number of nitrogens with zero attached hydrogens (tertiary/aromatic N) is 2. The molecule has 2 N–H and O–H groups in total. The number of hydrogen-bond acceptors (Lipinski definition) is 3. The standard InChI is InChI=1S/C16H28N4O/c1-5-20(6-2)11-7-8-14(4)18-16(21)19-15-10-9-13(3)17-12-15/h9-10,12,14H,5-8,11H2,1-4H3,(H2,18,19,21). The van der Waals surface area contributed by atoms with Crippen molar-refractivity contribution in [2.24, 2.45) is 0 Å². The topological polar surface area (TPSA) is 57.3 Å². The number of nitrogens with one attached hydrogen (secondary N) is 2. The second kappa shape index (κ2) is 9.34. The van der Waals surface area contributed by atoms with Crippen LogP contribution < -0.4 is 10.6 Å². The Bertz CT molecular complexity index is 415. The molecule has 0 saturated heterocycles. The molecule has 0 fully saturated rings. The van der Waals surface area contributed by atoms with Crippen molar-refractivity contribution in [3.05, 3.63) is 24.0 Å². The first-order valence-corrected chi connectivity index (χ1v) is 7.77. The van der Waals surface area contributed by atoms with Gasteiger partial charge < -0.3 is 15.5 Å². The summed E-state index contributed by atoms with van der Waals surface area (Å²) in [5.41, 5.74) is 1.65. The van der Waals surface area contributed by atoms with Gasteiger partial charge in [-0.1, -0.05) is 13.8 Å². The van der Waals surface area contributed by atoms with Gasteiger partial charge in [0.15, 0.2) is 0 Å². The molecule has 1 rings (SSSR count). The molecule has 1 atom stereocenters. The van der Waals surface area contributed by atoms with Crippen molar-refractivity contribution in [3.8, 4) is 0 Å². The Morgan fingerprint density at radius 3 is 2.62 bits per heavy atom. The molecule has 0 saturated carbocycles. The maximum atomic E-state index is 11.9. The van der Waals surface area contributed by atoms with Crippen LogP contribution in [0.25, 0.3) is 0 Å². The van der Waals surface area contributed by atoms with Gasteiger partial charge in [0, 0.05) is 11.7 Å². The van der Waals surface area contributed by atoms with E-state index in [9.17, 15) is 4.79 Å². The zero-order valence-corrected chi connectivity index (χ0v) is 13.6. The molecule has 1 heterocycles. The largest absolute Gasteiger partial charge is 0.335 e. The zero-order chi connectivity index (χ0) is 15.7. The van der Waals surface area contributed by atoms with Crippen molar-refractivity contribution in [1.29, 1.82) is 0 Å². The quantitative estimate of drug-likeness (QED) is 0.774. The summed E-state index contributed by atoms with van der Waals surface area (Å²) in [5.74, 6) is 0. The minimum atomic E-state index is -0.170. The summed E-state index contributed by atoms with van der Waals surface area (Å²) in [4.78, 5) is 18.4. The Balaban J connectivity index is 2.25. The second-order valence-electron chi connectivity index (χ2n) is 5.36. The first kappa shape index (κ1) is 17.4. The van der Waals surface area contributed by atoms with Gasteiger partial charge in [0.1, 0.15) is 0 Å². The van der Waals surface area contributed by atoms with E-state index in [-0.39, 0.29) is 12.1 Å². The van der Waals surface area contributed by atoms with E-state index in [1.807, 2.05) is 26.0 Å². The van der Waals surface area contributed by atoms with E-state index >= 15 is 0 Å². The van der Waals surface area contributed by atoms with E-state index < -0.39 is 0 Å². The van der Waals surface area contributed by atoms with E-state index in [1.54, 1.807) is 6.20 Å². The van der Waals surface area contributed by atoms with Gasteiger partial charge in [-0.25, -0.2) is 4.79 Å². The van der Waals surface area contributed by atoms with Gasteiger partial charge in [0.2, 0.25) is 0 Å². The van der Waals surface area contributed by atoms with Crippen LogP contribution in [0.4, 0.5) is 10.5 Å². The lowest BCUT2D eigenvalue weighted by Gasteiger charge is -2.19. The number of amides is 2. The number of urea groups is 1. The van der Waals surface area contributed by atoms with Crippen LogP contribution in [0, 0.1) is 6.92 Å². The van der Waals surface area contributed by atoms with Crippen LogP contribution in [-0.2, 0) is 0 Å². The molecular weight excluding hydrogens is 264 g/mol. The third-order valence-electron chi connectivity index (χ3n) is 3.55. The third-order valence-corrected chi connectivity index (χ3v) is 3.55. The molecule has 0 bridgehead atoms. The molecule has 0 aliphatic heterocycles. The normalized spacial score (nSPS) is 12.2. The van der Waals surface area contributed by atoms with Crippen LogP contribution in [0.15, 0.2) is 18.3 Å². The summed E-state index contributed by atoms with van der Waals surface area (Å²) in [7, 11) is 0. The molecule has 0 aromatic carbocycles. The minimum absolute atomic E-state index is 0.166. The highest BCUT2D eigenvalue weighted by Crippen LogP contribution is 2.05. The van der Waals surface area contributed by atoms with Crippen LogP contribution in [0.5, 0.6) is 0 Å². The van der Waals surface area contributed by atoms with Crippen molar-refractivity contribution in [2.45, 2.75) is 46.6 Å². The Kier molecular flexibility index (Phi) is 7.75. The molecule has 0 aliphatic carbocycles. The first-order chi connectivity index (χ1) is 10.0. The second-order valence-corrected chi connectivity index (χ2v) is 5.36. The van der Waals surface area contributed by atoms with Crippen molar-refractivity contribution >= 4 is 11.7 Å². The molecule has 1 aromatic rings. The number of pyridine rings is 1. The highest BCUT2D eigenvalue weighted by Gasteiger charge is 2.08. The predicted octanol–water partition coefficient (Wildman–Crippen LogP) is 3.02. The number of anilines is 1. The Hall–Kier alpha value is -1.62. The lowest BCUT2D eigenvalue weighted by molar-refractivity contribution is 0.247. The smallest absolute Gasteiger partial charge is 0.319 e. The molecule has 1 unspecified atom stereocenters. The molecule has 2 amide bonds. The molecule has 118 valence electrons. The number of aryl methyl sites for hydroxylation is 1. The highest BCUT2D eigenvalue weighted by molar-refractivity contribution is 5.89. The lowest BCUT2D eigenvalue weighted by atomic mass is 10.2. The van der Waals surface area contributed by atoms with Crippen molar-refractivity contribution < 1.29 is 4.79 Å². The summed E-state index contributed by atoms with van der Waals surface area (Å²) < 4.78 is 0. The van der Waals surface area contributed by atoms with Crippen molar-refractivity contribution in [1.82, 2.24) is 15.2 Å². The summed E-state index contributed by atoms with van der Waals surface area (Å²) in [6.07, 6.45) is 3.74. The Labute approximate surface area is 128 Å². The van der Waals surface area contributed by atoms with E-state index in [0.717, 1.165) is 38.2 Å². The fourth-order valence-electron chi connectivity index (χ4n) is 2.17. The Morgan fingerprint density at radius 1 is 1.33 bits per heavy atom. The number of aromatic nitrogens is 1. The van der Waals surface area contributed by atoms with Crippen LogP contribution >= 0.6 is 0 Å². The molecule has 5 heteroatoms. The molecule has 0 radical (unpaired) electrons. The lowest BCUT2D eigenvalue weighted by Crippen LogP contribution is -2.36. The average molecular weight is 292 g/mol.